The Kier molecular flexibility index (Phi) is 3.44. The first-order chi connectivity index (χ1) is 9.92. The van der Waals surface area contributed by atoms with E-state index in [0.29, 0.717) is 12.8 Å². The molecule has 2 heterocycles. The molecule has 0 aliphatic heterocycles. The van der Waals surface area contributed by atoms with Gasteiger partial charge < -0.3 is 4.90 Å². The van der Waals surface area contributed by atoms with Gasteiger partial charge in [0.25, 0.3) is 0 Å². The van der Waals surface area contributed by atoms with E-state index in [1.165, 1.54) is 17.1 Å². The molecule has 3 rings (SSSR count). The highest BCUT2D eigenvalue weighted by molar-refractivity contribution is 6.28. The Labute approximate surface area is 122 Å². The lowest BCUT2D eigenvalue weighted by atomic mass is 10.5. The third-order valence-electron chi connectivity index (χ3n) is 2.91. The normalized spacial score (nSPS) is 15.2. The molecule has 1 saturated carbocycles. The summed E-state index contributed by atoms with van der Waals surface area (Å²) in [5.41, 5.74) is 0. The van der Waals surface area contributed by atoms with Gasteiger partial charge in [-0.15, -0.1) is 0 Å². The van der Waals surface area contributed by atoms with Gasteiger partial charge in [0.2, 0.25) is 17.2 Å². The molecule has 0 amide bonds. The van der Waals surface area contributed by atoms with Gasteiger partial charge in [-0.25, -0.2) is 4.98 Å². The fourth-order valence-electron chi connectivity index (χ4n) is 1.89. The summed E-state index contributed by atoms with van der Waals surface area (Å²) in [6.45, 7) is -1.11. The van der Waals surface area contributed by atoms with Gasteiger partial charge >= 0.3 is 6.18 Å². The molecule has 0 radical (unpaired) electrons. The van der Waals surface area contributed by atoms with Crippen LogP contribution in [0.1, 0.15) is 12.8 Å². The first-order valence-corrected chi connectivity index (χ1v) is 6.53. The van der Waals surface area contributed by atoms with Crippen molar-refractivity contribution in [3.8, 4) is 5.95 Å². The van der Waals surface area contributed by atoms with Gasteiger partial charge in [-0.05, 0) is 24.4 Å². The average molecular weight is 319 g/mol. The van der Waals surface area contributed by atoms with Crippen LogP contribution in [-0.4, -0.2) is 43.3 Å². The van der Waals surface area contributed by atoms with E-state index in [0.717, 1.165) is 4.90 Å². The van der Waals surface area contributed by atoms with Crippen LogP contribution in [0.25, 0.3) is 5.95 Å². The van der Waals surface area contributed by atoms with Gasteiger partial charge in [-0.3, -0.25) is 4.57 Å². The van der Waals surface area contributed by atoms with Gasteiger partial charge in [0.15, 0.2) is 0 Å². The summed E-state index contributed by atoms with van der Waals surface area (Å²) in [6, 6.07) is -0.208. The van der Waals surface area contributed by atoms with E-state index < -0.39 is 12.7 Å². The SMILES string of the molecule is FC(F)(F)CN(c1nc(Cl)nc(-n2ccnc2)n1)C1CC1. The van der Waals surface area contributed by atoms with Crippen molar-refractivity contribution in [3.05, 3.63) is 24.0 Å². The van der Waals surface area contributed by atoms with Crippen LogP contribution in [0.3, 0.4) is 0 Å². The summed E-state index contributed by atoms with van der Waals surface area (Å²) < 4.78 is 39.5. The molecule has 1 aliphatic rings. The lowest BCUT2D eigenvalue weighted by Gasteiger charge is -2.23. The molecule has 0 N–H and O–H groups in total. The summed E-state index contributed by atoms with van der Waals surface area (Å²) in [6.07, 6.45) is 1.53. The number of rotatable bonds is 4. The average Bonchev–Trinajstić information content (AvgIpc) is 3.08. The number of alkyl halides is 3. The molecule has 2 aromatic heterocycles. The summed E-state index contributed by atoms with van der Waals surface area (Å²) in [4.78, 5) is 16.7. The molecule has 1 fully saturated rings. The van der Waals surface area contributed by atoms with E-state index in [4.69, 9.17) is 11.6 Å². The van der Waals surface area contributed by atoms with Gasteiger partial charge in [0.05, 0.1) is 0 Å². The topological polar surface area (TPSA) is 59.7 Å². The lowest BCUT2D eigenvalue weighted by molar-refractivity contribution is -0.120. The van der Waals surface area contributed by atoms with Crippen LogP contribution in [0, 0.1) is 0 Å². The van der Waals surface area contributed by atoms with E-state index in [2.05, 4.69) is 19.9 Å². The van der Waals surface area contributed by atoms with Gasteiger partial charge in [-0.1, -0.05) is 0 Å². The molecular weight excluding hydrogens is 309 g/mol. The maximum Gasteiger partial charge on any atom is 0.406 e. The molecule has 10 heteroatoms. The lowest BCUT2D eigenvalue weighted by Crippen LogP contribution is -2.37. The van der Waals surface area contributed by atoms with Crippen LogP contribution < -0.4 is 4.90 Å². The molecule has 0 atom stereocenters. The van der Waals surface area contributed by atoms with E-state index in [-0.39, 0.29) is 23.2 Å². The van der Waals surface area contributed by atoms with Crippen LogP contribution in [0.2, 0.25) is 5.28 Å². The van der Waals surface area contributed by atoms with Crippen molar-refractivity contribution in [1.82, 2.24) is 24.5 Å². The Morgan fingerprint density at radius 1 is 1.29 bits per heavy atom. The molecule has 0 saturated heterocycles. The monoisotopic (exact) mass is 318 g/mol. The Morgan fingerprint density at radius 3 is 2.62 bits per heavy atom. The third-order valence-corrected chi connectivity index (χ3v) is 3.08. The molecule has 0 spiro atoms. The quantitative estimate of drug-likeness (QED) is 0.865. The summed E-state index contributed by atoms with van der Waals surface area (Å²) in [7, 11) is 0. The molecule has 0 unspecified atom stereocenters. The molecule has 1 aliphatic carbocycles. The van der Waals surface area contributed by atoms with Crippen molar-refractivity contribution in [1.29, 1.82) is 0 Å². The van der Waals surface area contributed by atoms with Crippen molar-refractivity contribution >= 4 is 17.5 Å². The van der Waals surface area contributed by atoms with Gasteiger partial charge in [-0.2, -0.15) is 28.1 Å². The summed E-state index contributed by atoms with van der Waals surface area (Å²) in [5, 5.41) is -0.156. The zero-order chi connectivity index (χ0) is 15.0. The van der Waals surface area contributed by atoms with E-state index in [1.54, 1.807) is 6.20 Å². The highest BCUT2D eigenvalue weighted by atomic mass is 35.5. The number of hydrogen-bond donors (Lipinski definition) is 0. The first-order valence-electron chi connectivity index (χ1n) is 6.16. The highest BCUT2D eigenvalue weighted by Crippen LogP contribution is 2.33. The maximum absolute atomic E-state index is 12.7. The number of imidazole rings is 1. The number of hydrogen-bond acceptors (Lipinski definition) is 5. The maximum atomic E-state index is 12.7. The molecular formula is C11H10ClF3N6. The van der Waals surface area contributed by atoms with Crippen molar-refractivity contribution in [2.45, 2.75) is 25.1 Å². The van der Waals surface area contributed by atoms with Crippen molar-refractivity contribution in [2.75, 3.05) is 11.4 Å². The van der Waals surface area contributed by atoms with Crippen molar-refractivity contribution < 1.29 is 13.2 Å². The van der Waals surface area contributed by atoms with Crippen LogP contribution in [0.5, 0.6) is 0 Å². The van der Waals surface area contributed by atoms with Crippen LogP contribution >= 0.6 is 11.6 Å². The molecule has 2 aromatic rings. The third kappa shape index (κ3) is 3.41. The minimum atomic E-state index is -4.34. The second-order valence-electron chi connectivity index (χ2n) is 4.65. The first kappa shape index (κ1) is 14.1. The van der Waals surface area contributed by atoms with Gasteiger partial charge in [0.1, 0.15) is 12.9 Å². The van der Waals surface area contributed by atoms with E-state index in [9.17, 15) is 13.2 Å². The number of anilines is 1. The Balaban J connectivity index is 1.96. The standard InChI is InChI=1S/C11H10ClF3N6/c12-8-17-9(20-4-3-16-6-20)19-10(18-8)21(7-1-2-7)5-11(13,14)15/h3-4,6-7H,1-2,5H2. The van der Waals surface area contributed by atoms with Crippen LogP contribution in [-0.2, 0) is 0 Å². The van der Waals surface area contributed by atoms with Crippen LogP contribution in [0.4, 0.5) is 19.1 Å². The molecule has 112 valence electrons. The second kappa shape index (κ2) is 5.14. The smallest absolute Gasteiger partial charge is 0.329 e. The molecule has 0 bridgehead atoms. The molecule has 6 nitrogen and oxygen atoms in total. The largest absolute Gasteiger partial charge is 0.406 e. The summed E-state index contributed by atoms with van der Waals surface area (Å²) in [5.74, 6) is 0.0637. The number of halogens is 4. The van der Waals surface area contributed by atoms with Crippen molar-refractivity contribution in [3.63, 3.8) is 0 Å². The molecule has 21 heavy (non-hydrogen) atoms. The second-order valence-corrected chi connectivity index (χ2v) is 4.99. The van der Waals surface area contributed by atoms with Crippen LogP contribution in [0.15, 0.2) is 18.7 Å². The fraction of sp³-hybridized carbons (Fsp3) is 0.455. The fourth-order valence-corrected chi connectivity index (χ4v) is 2.04. The number of aromatic nitrogens is 5. The predicted molar refractivity (Wildman–Crippen MR) is 68.4 cm³/mol. The molecule has 0 aromatic carbocycles. The van der Waals surface area contributed by atoms with E-state index >= 15 is 0 Å². The Bertz CT molecular complexity index is 625. The van der Waals surface area contributed by atoms with Crippen molar-refractivity contribution in [2.24, 2.45) is 0 Å². The van der Waals surface area contributed by atoms with E-state index in [1.807, 2.05) is 0 Å². The Hall–Kier alpha value is -1.90. The minimum absolute atomic E-state index is 0.0708. The Morgan fingerprint density at radius 2 is 2.05 bits per heavy atom. The zero-order valence-corrected chi connectivity index (χ0v) is 11.4. The summed E-state index contributed by atoms with van der Waals surface area (Å²) >= 11 is 5.80. The predicted octanol–water partition coefficient (Wildman–Crippen LogP) is 2.24. The zero-order valence-electron chi connectivity index (χ0n) is 10.6. The van der Waals surface area contributed by atoms with Gasteiger partial charge in [0, 0.05) is 18.4 Å². The minimum Gasteiger partial charge on any atom is -0.329 e. The number of nitrogens with zero attached hydrogens (tertiary/aromatic N) is 6. The highest BCUT2D eigenvalue weighted by Gasteiger charge is 2.39.